The van der Waals surface area contributed by atoms with Gasteiger partial charge in [0.15, 0.2) is 0 Å². The number of nitrogens with one attached hydrogen (secondary N) is 1. The minimum atomic E-state index is 0.514. The zero-order valence-electron chi connectivity index (χ0n) is 9.88. The van der Waals surface area contributed by atoms with Crippen molar-refractivity contribution >= 4 is 0 Å². The average Bonchev–Trinajstić information content (AvgIpc) is 2.26. The van der Waals surface area contributed by atoms with Gasteiger partial charge in [-0.05, 0) is 45.1 Å². The van der Waals surface area contributed by atoms with E-state index in [4.69, 9.17) is 4.74 Å². The summed E-state index contributed by atoms with van der Waals surface area (Å²) >= 11 is 0. The van der Waals surface area contributed by atoms with Crippen LogP contribution in [-0.2, 0) is 4.74 Å². The number of rotatable bonds is 5. The molecule has 0 heterocycles. The molecule has 0 spiro atoms. The lowest BCUT2D eigenvalue weighted by Crippen LogP contribution is -2.38. The van der Waals surface area contributed by atoms with Crippen molar-refractivity contribution in [2.24, 2.45) is 5.92 Å². The van der Waals surface area contributed by atoms with Crippen LogP contribution in [0.2, 0.25) is 0 Å². The molecule has 1 rings (SSSR count). The molecular weight excluding hydrogens is 174 g/mol. The first-order valence-corrected chi connectivity index (χ1v) is 6.04. The monoisotopic (exact) mass is 199 g/mol. The van der Waals surface area contributed by atoms with Crippen LogP contribution < -0.4 is 5.32 Å². The van der Waals surface area contributed by atoms with Gasteiger partial charge in [0.25, 0.3) is 0 Å². The smallest absolute Gasteiger partial charge is 0.0574 e. The first-order chi connectivity index (χ1) is 6.77. The molecule has 1 aliphatic carbocycles. The van der Waals surface area contributed by atoms with Crippen LogP contribution in [0.15, 0.2) is 0 Å². The fourth-order valence-electron chi connectivity index (χ4n) is 2.39. The van der Waals surface area contributed by atoms with Gasteiger partial charge in [-0.3, -0.25) is 0 Å². The van der Waals surface area contributed by atoms with E-state index in [1.165, 1.54) is 32.1 Å². The fraction of sp³-hybridized carbons (Fsp3) is 1.00. The second-order valence-corrected chi connectivity index (χ2v) is 4.53. The molecule has 0 amide bonds. The predicted octanol–water partition coefficient (Wildman–Crippen LogP) is 2.58. The highest BCUT2D eigenvalue weighted by Gasteiger charge is 2.25. The summed E-state index contributed by atoms with van der Waals surface area (Å²) in [6.45, 7) is 5.69. The number of hydrogen-bond donors (Lipinski definition) is 1. The first-order valence-electron chi connectivity index (χ1n) is 6.04. The normalized spacial score (nSPS) is 30.2. The summed E-state index contributed by atoms with van der Waals surface area (Å²) in [4.78, 5) is 0. The molecule has 3 unspecified atom stereocenters. The van der Waals surface area contributed by atoms with Crippen LogP contribution in [0.1, 0.15) is 46.0 Å². The maximum Gasteiger partial charge on any atom is 0.0574 e. The van der Waals surface area contributed by atoms with E-state index < -0.39 is 0 Å². The van der Waals surface area contributed by atoms with Crippen LogP contribution in [0.25, 0.3) is 0 Å². The second kappa shape index (κ2) is 6.41. The SMILES string of the molecule is CCCNC(C)C1CCCC(OC)C1. The predicted molar refractivity (Wildman–Crippen MR) is 60.5 cm³/mol. The van der Waals surface area contributed by atoms with Crippen molar-refractivity contribution in [3.05, 3.63) is 0 Å². The van der Waals surface area contributed by atoms with Crippen LogP contribution in [0, 0.1) is 5.92 Å². The van der Waals surface area contributed by atoms with E-state index in [2.05, 4.69) is 19.2 Å². The second-order valence-electron chi connectivity index (χ2n) is 4.53. The zero-order valence-corrected chi connectivity index (χ0v) is 9.88. The molecule has 2 heteroatoms. The molecule has 0 saturated heterocycles. The summed E-state index contributed by atoms with van der Waals surface area (Å²) < 4.78 is 5.45. The molecule has 0 aromatic heterocycles. The molecule has 1 N–H and O–H groups in total. The van der Waals surface area contributed by atoms with E-state index in [1.54, 1.807) is 0 Å². The summed E-state index contributed by atoms with van der Waals surface area (Å²) in [7, 11) is 1.84. The van der Waals surface area contributed by atoms with Crippen molar-refractivity contribution in [3.8, 4) is 0 Å². The quantitative estimate of drug-likeness (QED) is 0.735. The summed E-state index contributed by atoms with van der Waals surface area (Å²) in [5.74, 6) is 0.820. The van der Waals surface area contributed by atoms with Crippen molar-refractivity contribution in [3.63, 3.8) is 0 Å². The molecule has 2 nitrogen and oxygen atoms in total. The molecule has 0 bridgehead atoms. The lowest BCUT2D eigenvalue weighted by atomic mass is 9.83. The number of ether oxygens (including phenoxy) is 1. The minimum absolute atomic E-state index is 0.514. The third kappa shape index (κ3) is 3.58. The molecule has 0 radical (unpaired) electrons. The van der Waals surface area contributed by atoms with Gasteiger partial charge in [-0.15, -0.1) is 0 Å². The highest BCUT2D eigenvalue weighted by atomic mass is 16.5. The van der Waals surface area contributed by atoms with Crippen LogP contribution in [0.3, 0.4) is 0 Å². The Morgan fingerprint density at radius 1 is 1.43 bits per heavy atom. The van der Waals surface area contributed by atoms with Gasteiger partial charge < -0.3 is 10.1 Å². The summed E-state index contributed by atoms with van der Waals surface area (Å²) in [5, 5.41) is 3.59. The molecule has 14 heavy (non-hydrogen) atoms. The fourth-order valence-corrected chi connectivity index (χ4v) is 2.39. The standard InChI is InChI=1S/C12H25NO/c1-4-8-13-10(2)11-6-5-7-12(9-11)14-3/h10-13H,4-9H2,1-3H3. The molecule has 84 valence electrons. The Labute approximate surface area is 88.4 Å². The molecule has 3 atom stereocenters. The molecule has 0 aromatic rings. The number of hydrogen-bond acceptors (Lipinski definition) is 2. The molecule has 1 fully saturated rings. The molecule has 0 aromatic carbocycles. The van der Waals surface area contributed by atoms with Gasteiger partial charge in [-0.1, -0.05) is 13.3 Å². The van der Waals surface area contributed by atoms with E-state index in [1.807, 2.05) is 7.11 Å². The highest BCUT2D eigenvalue weighted by molar-refractivity contribution is 4.80. The van der Waals surface area contributed by atoms with Gasteiger partial charge in [-0.25, -0.2) is 0 Å². The molecule has 1 aliphatic rings. The van der Waals surface area contributed by atoms with Gasteiger partial charge in [-0.2, -0.15) is 0 Å². The van der Waals surface area contributed by atoms with Gasteiger partial charge in [0.2, 0.25) is 0 Å². The number of methoxy groups -OCH3 is 1. The zero-order chi connectivity index (χ0) is 10.4. The van der Waals surface area contributed by atoms with E-state index in [0.717, 1.165) is 12.5 Å². The van der Waals surface area contributed by atoms with E-state index in [0.29, 0.717) is 12.1 Å². The maximum atomic E-state index is 5.45. The largest absolute Gasteiger partial charge is 0.381 e. The maximum absolute atomic E-state index is 5.45. The lowest BCUT2D eigenvalue weighted by Gasteiger charge is -2.32. The van der Waals surface area contributed by atoms with Gasteiger partial charge in [0.05, 0.1) is 6.10 Å². The molecule has 1 saturated carbocycles. The topological polar surface area (TPSA) is 21.3 Å². The van der Waals surface area contributed by atoms with E-state index in [-0.39, 0.29) is 0 Å². The van der Waals surface area contributed by atoms with E-state index in [9.17, 15) is 0 Å². The summed E-state index contributed by atoms with van der Waals surface area (Å²) in [6, 6.07) is 0.660. The Morgan fingerprint density at radius 2 is 2.21 bits per heavy atom. The van der Waals surface area contributed by atoms with Crippen LogP contribution in [0.5, 0.6) is 0 Å². The first kappa shape index (κ1) is 12.0. The van der Waals surface area contributed by atoms with Crippen molar-refractivity contribution in [1.82, 2.24) is 5.32 Å². The summed E-state index contributed by atoms with van der Waals surface area (Å²) in [6.07, 6.45) is 6.95. The average molecular weight is 199 g/mol. The van der Waals surface area contributed by atoms with Crippen molar-refractivity contribution in [1.29, 1.82) is 0 Å². The Bertz CT molecular complexity index is 149. The van der Waals surface area contributed by atoms with Gasteiger partial charge in [0.1, 0.15) is 0 Å². The Morgan fingerprint density at radius 3 is 2.86 bits per heavy atom. The van der Waals surface area contributed by atoms with Crippen LogP contribution in [0.4, 0.5) is 0 Å². The Kier molecular flexibility index (Phi) is 5.49. The lowest BCUT2D eigenvalue weighted by molar-refractivity contribution is 0.0436. The molecule has 0 aliphatic heterocycles. The van der Waals surface area contributed by atoms with Crippen molar-refractivity contribution in [2.75, 3.05) is 13.7 Å². The summed E-state index contributed by atoms with van der Waals surface area (Å²) in [5.41, 5.74) is 0. The highest BCUT2D eigenvalue weighted by Crippen LogP contribution is 2.28. The van der Waals surface area contributed by atoms with Gasteiger partial charge >= 0.3 is 0 Å². The Hall–Kier alpha value is -0.0800. The van der Waals surface area contributed by atoms with Crippen molar-refractivity contribution in [2.45, 2.75) is 58.1 Å². The van der Waals surface area contributed by atoms with Crippen LogP contribution in [-0.4, -0.2) is 25.8 Å². The third-order valence-electron chi connectivity index (χ3n) is 3.42. The third-order valence-corrected chi connectivity index (χ3v) is 3.42. The Balaban J connectivity index is 2.27. The van der Waals surface area contributed by atoms with Crippen LogP contribution >= 0.6 is 0 Å². The van der Waals surface area contributed by atoms with E-state index >= 15 is 0 Å². The van der Waals surface area contributed by atoms with Gasteiger partial charge in [0, 0.05) is 13.2 Å². The molecular formula is C12H25NO. The minimum Gasteiger partial charge on any atom is -0.381 e. The van der Waals surface area contributed by atoms with Crippen molar-refractivity contribution < 1.29 is 4.74 Å².